The van der Waals surface area contributed by atoms with E-state index in [0.717, 1.165) is 0 Å². The van der Waals surface area contributed by atoms with Crippen molar-refractivity contribution < 1.29 is 71.7 Å². The van der Waals surface area contributed by atoms with E-state index in [1.165, 1.54) is 0 Å². The van der Waals surface area contributed by atoms with Crippen molar-refractivity contribution in [1.82, 2.24) is 0 Å². The highest BCUT2D eigenvalue weighted by molar-refractivity contribution is 5.88. The molecule has 0 heterocycles. The first-order valence-corrected chi connectivity index (χ1v) is 6.95. The van der Waals surface area contributed by atoms with Gasteiger partial charge in [0.15, 0.2) is 0 Å². The average molecular weight is 470 g/mol. The summed E-state index contributed by atoms with van der Waals surface area (Å²) >= 11 is 0. The molecule has 0 saturated carbocycles. The van der Waals surface area contributed by atoms with E-state index in [0.29, 0.717) is 13.8 Å². The van der Waals surface area contributed by atoms with Crippen LogP contribution in [-0.4, -0.2) is 47.8 Å². The van der Waals surface area contributed by atoms with Crippen LogP contribution in [0.3, 0.4) is 0 Å². The van der Waals surface area contributed by atoms with E-state index in [9.17, 15) is 62.3 Å². The Labute approximate surface area is 159 Å². The zero-order chi connectivity index (χ0) is 24.7. The fraction of sp³-hybridized carbons (Fsp3) is 0.571. The van der Waals surface area contributed by atoms with Crippen LogP contribution in [0.2, 0.25) is 0 Å². The SMILES string of the molecule is C=C(C)C(=O)OC(C(F)(F)F)(C(F)(F)F)C(OC(=O)C(=C)C)(C(F)(F)F)C(F)(F)F. The molecule has 0 fully saturated rings. The molecule has 0 saturated heterocycles. The molecule has 0 bridgehead atoms. The first-order valence-electron chi connectivity index (χ1n) is 6.95. The Kier molecular flexibility index (Phi) is 7.06. The van der Waals surface area contributed by atoms with Crippen LogP contribution < -0.4 is 0 Å². The molecule has 0 radical (unpaired) electrons. The summed E-state index contributed by atoms with van der Waals surface area (Å²) in [5, 5.41) is 0. The van der Waals surface area contributed by atoms with E-state index in [1.807, 2.05) is 0 Å². The van der Waals surface area contributed by atoms with Gasteiger partial charge in [0.1, 0.15) is 0 Å². The summed E-state index contributed by atoms with van der Waals surface area (Å²) in [6.45, 7) is 5.68. The van der Waals surface area contributed by atoms with E-state index in [2.05, 4.69) is 22.6 Å². The third-order valence-electron chi connectivity index (χ3n) is 3.28. The molecule has 0 aliphatic carbocycles. The number of esters is 2. The van der Waals surface area contributed by atoms with Crippen molar-refractivity contribution in [3.05, 3.63) is 24.3 Å². The minimum atomic E-state index is -7.67. The normalized spacial score (nSPS) is 14.2. The van der Waals surface area contributed by atoms with Crippen LogP contribution in [0.25, 0.3) is 0 Å². The fourth-order valence-corrected chi connectivity index (χ4v) is 1.95. The highest BCUT2D eigenvalue weighted by atomic mass is 19.4. The summed E-state index contributed by atoms with van der Waals surface area (Å²) in [5.41, 5.74) is -17.8. The lowest BCUT2D eigenvalue weighted by Gasteiger charge is -2.49. The molecule has 0 aromatic heterocycles. The van der Waals surface area contributed by atoms with Crippen molar-refractivity contribution in [2.45, 2.75) is 49.8 Å². The summed E-state index contributed by atoms with van der Waals surface area (Å²) in [5.74, 6) is -5.87. The lowest BCUT2D eigenvalue weighted by atomic mass is 9.78. The Morgan fingerprint density at radius 2 is 0.700 bits per heavy atom. The number of hydrogen-bond donors (Lipinski definition) is 0. The van der Waals surface area contributed by atoms with Gasteiger partial charge in [0.2, 0.25) is 0 Å². The number of rotatable bonds is 5. The largest absolute Gasteiger partial charge is 0.442 e. The maximum absolute atomic E-state index is 13.5. The molecule has 4 nitrogen and oxygen atoms in total. The second-order valence-corrected chi connectivity index (χ2v) is 5.69. The van der Waals surface area contributed by atoms with Gasteiger partial charge in [0.05, 0.1) is 0 Å². The van der Waals surface area contributed by atoms with Gasteiger partial charge in [0, 0.05) is 11.1 Å². The van der Waals surface area contributed by atoms with Crippen LogP contribution in [-0.2, 0) is 19.1 Å². The van der Waals surface area contributed by atoms with Crippen LogP contribution in [0, 0.1) is 0 Å². The molecule has 0 spiro atoms. The minimum absolute atomic E-state index is 0.336. The zero-order valence-corrected chi connectivity index (χ0v) is 14.6. The van der Waals surface area contributed by atoms with Gasteiger partial charge in [-0.15, -0.1) is 0 Å². The summed E-state index contributed by atoms with van der Waals surface area (Å²) in [7, 11) is 0. The maximum Gasteiger partial charge on any atom is 0.442 e. The number of hydrogen-bond acceptors (Lipinski definition) is 4. The van der Waals surface area contributed by atoms with E-state index in [-0.39, 0.29) is 0 Å². The van der Waals surface area contributed by atoms with E-state index < -0.39 is 59.0 Å². The van der Waals surface area contributed by atoms with Crippen LogP contribution >= 0.6 is 0 Å². The Bertz CT molecular complexity index is 633. The predicted molar refractivity (Wildman–Crippen MR) is 71.5 cm³/mol. The van der Waals surface area contributed by atoms with E-state index in [1.54, 1.807) is 0 Å². The van der Waals surface area contributed by atoms with Gasteiger partial charge in [-0.2, -0.15) is 52.7 Å². The summed E-state index contributed by atoms with van der Waals surface area (Å²) in [4.78, 5) is 22.7. The molecule has 0 aliphatic rings. The Morgan fingerprint density at radius 3 is 0.800 bits per heavy atom. The molecule has 16 heteroatoms. The molecular formula is C14H10F12O4. The van der Waals surface area contributed by atoms with Gasteiger partial charge >= 0.3 is 47.8 Å². The molecule has 30 heavy (non-hydrogen) atoms. The predicted octanol–water partition coefficient (Wildman–Crippen LogP) is 4.95. The first-order chi connectivity index (χ1) is 12.9. The number of ether oxygens (including phenoxy) is 2. The third-order valence-corrected chi connectivity index (χ3v) is 3.28. The van der Waals surface area contributed by atoms with Crippen LogP contribution in [0.15, 0.2) is 24.3 Å². The van der Waals surface area contributed by atoms with E-state index >= 15 is 0 Å². The van der Waals surface area contributed by atoms with Gasteiger partial charge in [-0.25, -0.2) is 9.59 Å². The Hall–Kier alpha value is -2.42. The molecule has 0 aromatic rings. The van der Waals surface area contributed by atoms with Crippen LogP contribution in [0.5, 0.6) is 0 Å². The minimum Gasteiger partial charge on any atom is -0.432 e. The summed E-state index contributed by atoms with van der Waals surface area (Å²) < 4.78 is 167. The molecule has 0 N–H and O–H groups in total. The molecule has 0 amide bonds. The molecule has 174 valence electrons. The monoisotopic (exact) mass is 470 g/mol. The smallest absolute Gasteiger partial charge is 0.432 e. The molecular weight excluding hydrogens is 460 g/mol. The van der Waals surface area contributed by atoms with Gasteiger partial charge in [-0.1, -0.05) is 13.2 Å². The highest BCUT2D eigenvalue weighted by Gasteiger charge is 2.98. The number of carbonyl (C=O) groups excluding carboxylic acids is 2. The third kappa shape index (κ3) is 4.21. The molecule has 0 aliphatic heterocycles. The van der Waals surface area contributed by atoms with Crippen molar-refractivity contribution in [3.63, 3.8) is 0 Å². The molecule has 0 rings (SSSR count). The maximum atomic E-state index is 13.5. The zero-order valence-electron chi connectivity index (χ0n) is 14.6. The molecule has 0 aromatic carbocycles. The number of carbonyl (C=O) groups is 2. The van der Waals surface area contributed by atoms with Gasteiger partial charge < -0.3 is 9.47 Å². The van der Waals surface area contributed by atoms with Crippen LogP contribution in [0.4, 0.5) is 52.7 Å². The Balaban J connectivity index is 7.91. The van der Waals surface area contributed by atoms with Gasteiger partial charge in [-0.3, -0.25) is 0 Å². The van der Waals surface area contributed by atoms with Crippen LogP contribution in [0.1, 0.15) is 13.8 Å². The first kappa shape index (κ1) is 27.6. The number of alkyl halides is 12. The molecule has 0 unspecified atom stereocenters. The standard InChI is InChI=1S/C14H10F12O4/c1-5(2)7(27)29-9(11(15,16)17,12(18,19)20)10(13(21,22)23,14(24,25)26)30-8(28)6(3)4/h1,3H2,2,4H3. The average Bonchev–Trinajstić information content (AvgIpc) is 2.44. The van der Waals surface area contributed by atoms with Gasteiger partial charge in [0.25, 0.3) is 0 Å². The van der Waals surface area contributed by atoms with E-state index in [4.69, 9.17) is 0 Å². The van der Waals surface area contributed by atoms with Gasteiger partial charge in [-0.05, 0) is 13.8 Å². The second kappa shape index (κ2) is 7.68. The van der Waals surface area contributed by atoms with Crippen molar-refractivity contribution >= 4 is 11.9 Å². The van der Waals surface area contributed by atoms with Crippen molar-refractivity contribution in [3.8, 4) is 0 Å². The summed E-state index contributed by atoms with van der Waals surface area (Å²) in [6, 6.07) is 0. The number of halogens is 12. The van der Waals surface area contributed by atoms with Crippen molar-refractivity contribution in [2.24, 2.45) is 0 Å². The second-order valence-electron chi connectivity index (χ2n) is 5.69. The van der Waals surface area contributed by atoms with Crippen molar-refractivity contribution in [2.75, 3.05) is 0 Å². The topological polar surface area (TPSA) is 52.6 Å². The molecule has 0 atom stereocenters. The highest BCUT2D eigenvalue weighted by Crippen LogP contribution is 2.63. The fourth-order valence-electron chi connectivity index (χ4n) is 1.95. The quantitative estimate of drug-likeness (QED) is 0.324. The lowest BCUT2D eigenvalue weighted by molar-refractivity contribution is -0.492. The lowest BCUT2D eigenvalue weighted by Crippen LogP contribution is -2.83. The van der Waals surface area contributed by atoms with Crippen molar-refractivity contribution in [1.29, 1.82) is 0 Å². The Morgan fingerprint density at radius 1 is 0.533 bits per heavy atom. The summed E-state index contributed by atoms with van der Waals surface area (Å²) in [6.07, 6.45) is -30.7.